The summed E-state index contributed by atoms with van der Waals surface area (Å²) in [6.07, 6.45) is 3.23. The van der Waals surface area contributed by atoms with Gasteiger partial charge >= 0.3 is 5.97 Å². The van der Waals surface area contributed by atoms with Crippen LogP contribution in [0, 0.1) is 11.8 Å². The Morgan fingerprint density at radius 1 is 1.22 bits per heavy atom. The fraction of sp³-hybridized carbons (Fsp3) is 0.474. The molecule has 1 fully saturated rings. The van der Waals surface area contributed by atoms with E-state index in [9.17, 15) is 9.59 Å². The largest absolute Gasteiger partial charge is 0.451 e. The first-order valence-corrected chi connectivity index (χ1v) is 10.8. The van der Waals surface area contributed by atoms with Crippen LogP contribution < -0.4 is 5.32 Å². The number of rotatable bonds is 4. The maximum atomic E-state index is 12.4. The van der Waals surface area contributed by atoms with Gasteiger partial charge in [0.25, 0.3) is 5.91 Å². The number of fused-ring (bicyclic) bond motifs is 1. The number of esters is 1. The van der Waals surface area contributed by atoms with E-state index in [0.717, 1.165) is 24.2 Å². The fourth-order valence-electron chi connectivity index (χ4n) is 3.47. The number of carbonyl (C=O) groups is 2. The Balaban J connectivity index is 1.64. The van der Waals surface area contributed by atoms with E-state index in [1.165, 1.54) is 6.42 Å². The predicted octanol–water partition coefficient (Wildman–Crippen LogP) is 5.96. The lowest BCUT2D eigenvalue weighted by Gasteiger charge is -2.34. The van der Waals surface area contributed by atoms with Crippen LogP contribution in [0.15, 0.2) is 12.1 Å². The van der Waals surface area contributed by atoms with Crippen molar-refractivity contribution in [2.24, 2.45) is 11.8 Å². The van der Waals surface area contributed by atoms with Crippen LogP contribution in [-0.2, 0) is 9.53 Å². The number of thiophene rings is 1. The average molecular weight is 449 g/mol. The van der Waals surface area contributed by atoms with E-state index in [0.29, 0.717) is 32.0 Å². The Labute approximate surface area is 177 Å². The van der Waals surface area contributed by atoms with Gasteiger partial charge in [-0.15, -0.1) is 11.3 Å². The van der Waals surface area contributed by atoms with Crippen LogP contribution in [-0.4, -0.2) is 24.5 Å². The van der Waals surface area contributed by atoms with Crippen molar-refractivity contribution in [2.75, 3.05) is 6.61 Å². The first-order chi connectivity index (χ1) is 12.8. The zero-order valence-corrected chi connectivity index (χ0v) is 18.1. The van der Waals surface area contributed by atoms with Gasteiger partial charge in [0.05, 0.1) is 10.0 Å². The van der Waals surface area contributed by atoms with Crippen molar-refractivity contribution in [2.45, 2.75) is 39.2 Å². The molecule has 8 heteroatoms. The topological polar surface area (TPSA) is 55.4 Å². The number of amides is 1. The van der Waals surface area contributed by atoms with Crippen molar-refractivity contribution >= 4 is 68.1 Å². The van der Waals surface area contributed by atoms with E-state index < -0.39 is 5.97 Å². The lowest BCUT2D eigenvalue weighted by atomic mass is 9.78. The van der Waals surface area contributed by atoms with E-state index in [2.05, 4.69) is 19.2 Å². The van der Waals surface area contributed by atoms with Crippen LogP contribution >= 0.6 is 46.1 Å². The summed E-state index contributed by atoms with van der Waals surface area (Å²) in [7, 11) is 0. The average Bonchev–Trinajstić information content (AvgIpc) is 2.93. The van der Waals surface area contributed by atoms with Gasteiger partial charge in [-0.3, -0.25) is 4.79 Å². The molecule has 1 aromatic heterocycles. The van der Waals surface area contributed by atoms with Crippen LogP contribution in [0.1, 0.15) is 42.8 Å². The third-order valence-electron chi connectivity index (χ3n) is 5.22. The van der Waals surface area contributed by atoms with Crippen LogP contribution in [0.2, 0.25) is 15.1 Å². The normalized spacial score (nSPS) is 22.6. The monoisotopic (exact) mass is 447 g/mol. The molecule has 146 valence electrons. The lowest BCUT2D eigenvalue weighted by Crippen LogP contribution is -2.45. The quantitative estimate of drug-likeness (QED) is 0.587. The molecular weight excluding hydrogens is 429 g/mol. The molecule has 4 nitrogen and oxygen atoms in total. The zero-order valence-electron chi connectivity index (χ0n) is 15.0. The minimum Gasteiger partial charge on any atom is -0.451 e. The van der Waals surface area contributed by atoms with Crippen LogP contribution in [0.3, 0.4) is 0 Å². The predicted molar refractivity (Wildman–Crippen MR) is 111 cm³/mol. The highest BCUT2D eigenvalue weighted by atomic mass is 35.5. The van der Waals surface area contributed by atoms with Gasteiger partial charge in [0.2, 0.25) is 0 Å². The van der Waals surface area contributed by atoms with Crippen molar-refractivity contribution in [1.29, 1.82) is 0 Å². The summed E-state index contributed by atoms with van der Waals surface area (Å²) in [6, 6.07) is 3.38. The molecule has 3 rings (SSSR count). The molecule has 1 aliphatic carbocycles. The summed E-state index contributed by atoms with van der Waals surface area (Å²) in [4.78, 5) is 24.8. The van der Waals surface area contributed by atoms with Gasteiger partial charge in [0, 0.05) is 21.2 Å². The van der Waals surface area contributed by atoms with Crippen LogP contribution in [0.25, 0.3) is 10.1 Å². The van der Waals surface area contributed by atoms with Crippen LogP contribution in [0.4, 0.5) is 0 Å². The molecule has 0 radical (unpaired) electrons. The smallest absolute Gasteiger partial charge is 0.350 e. The maximum Gasteiger partial charge on any atom is 0.350 e. The van der Waals surface area contributed by atoms with E-state index >= 15 is 0 Å². The van der Waals surface area contributed by atoms with Gasteiger partial charge in [-0.25, -0.2) is 4.79 Å². The Morgan fingerprint density at radius 3 is 2.70 bits per heavy atom. The first kappa shape index (κ1) is 20.7. The molecule has 0 aliphatic heterocycles. The summed E-state index contributed by atoms with van der Waals surface area (Å²) in [5.41, 5.74) is 0. The van der Waals surface area contributed by atoms with Gasteiger partial charge in [-0.1, -0.05) is 61.5 Å². The molecule has 1 aromatic carbocycles. The van der Waals surface area contributed by atoms with E-state index in [1.807, 2.05) is 0 Å². The highest BCUT2D eigenvalue weighted by Crippen LogP contribution is 2.41. The SMILES string of the molecule is CC1CCCC(NC(=O)COC(=O)c2sc3cc(Cl)cc(Cl)c3c2Cl)C1C. The second-order valence-electron chi connectivity index (χ2n) is 7.02. The Bertz CT molecular complexity index is 883. The molecule has 3 unspecified atom stereocenters. The van der Waals surface area contributed by atoms with Gasteiger partial charge in [-0.05, 0) is 30.4 Å². The molecule has 1 amide bonds. The highest BCUT2D eigenvalue weighted by molar-refractivity contribution is 7.21. The summed E-state index contributed by atoms with van der Waals surface area (Å²) < 4.78 is 5.87. The number of ether oxygens (including phenoxy) is 1. The number of hydrogen-bond acceptors (Lipinski definition) is 4. The lowest BCUT2D eigenvalue weighted by molar-refractivity contribution is -0.125. The van der Waals surface area contributed by atoms with Gasteiger partial charge in [0.15, 0.2) is 6.61 Å². The van der Waals surface area contributed by atoms with Crippen LogP contribution in [0.5, 0.6) is 0 Å². The van der Waals surface area contributed by atoms with Gasteiger partial charge in [0.1, 0.15) is 4.88 Å². The summed E-state index contributed by atoms with van der Waals surface area (Å²) in [5, 5.41) is 4.59. The second kappa shape index (κ2) is 8.56. The molecule has 3 atom stereocenters. The second-order valence-corrected chi connectivity index (χ2v) is 9.30. The van der Waals surface area contributed by atoms with Crippen molar-refractivity contribution in [3.63, 3.8) is 0 Å². The van der Waals surface area contributed by atoms with Crippen molar-refractivity contribution in [3.8, 4) is 0 Å². The number of nitrogens with one attached hydrogen (secondary N) is 1. The molecule has 0 spiro atoms. The molecule has 1 heterocycles. The Kier molecular flexibility index (Phi) is 6.57. The van der Waals surface area contributed by atoms with Gasteiger partial charge in [-0.2, -0.15) is 0 Å². The van der Waals surface area contributed by atoms with Crippen molar-refractivity contribution < 1.29 is 14.3 Å². The first-order valence-electron chi connectivity index (χ1n) is 8.81. The van der Waals surface area contributed by atoms with Crippen molar-refractivity contribution in [3.05, 3.63) is 32.1 Å². The number of halogens is 3. The maximum absolute atomic E-state index is 12.4. The van der Waals surface area contributed by atoms with E-state index in [1.54, 1.807) is 12.1 Å². The summed E-state index contributed by atoms with van der Waals surface area (Å²) in [6.45, 7) is 4.01. The minimum atomic E-state index is -0.645. The molecule has 0 bridgehead atoms. The molecule has 27 heavy (non-hydrogen) atoms. The Hall–Kier alpha value is -1.01. The molecule has 0 saturated heterocycles. The molecule has 1 saturated carbocycles. The van der Waals surface area contributed by atoms with E-state index in [-0.39, 0.29) is 28.5 Å². The third-order valence-corrected chi connectivity index (χ3v) is 7.35. The third kappa shape index (κ3) is 4.53. The summed E-state index contributed by atoms with van der Waals surface area (Å²) >= 11 is 19.6. The standard InChI is InChI=1S/C19H20Cl3NO3S/c1-9-4-3-5-13(10(9)2)23-15(24)8-26-19(25)18-17(22)16-12(21)6-11(20)7-14(16)27-18/h6-7,9-10,13H,3-5,8H2,1-2H3,(H,23,24). The van der Waals surface area contributed by atoms with Crippen molar-refractivity contribution in [1.82, 2.24) is 5.32 Å². The molecule has 1 aliphatic rings. The zero-order chi connectivity index (χ0) is 19.7. The molecular formula is C19H20Cl3NO3S. The minimum absolute atomic E-state index is 0.119. The summed E-state index contributed by atoms with van der Waals surface area (Å²) in [5.74, 6) is 0.0315. The molecule has 2 aromatic rings. The number of benzene rings is 1. The molecule has 1 N–H and O–H groups in total. The van der Waals surface area contributed by atoms with Gasteiger partial charge < -0.3 is 10.1 Å². The fourth-order valence-corrected chi connectivity index (χ4v) is 5.74. The Morgan fingerprint density at radius 2 is 1.96 bits per heavy atom. The number of hydrogen-bond donors (Lipinski definition) is 1. The highest BCUT2D eigenvalue weighted by Gasteiger charge is 2.28. The number of carbonyl (C=O) groups excluding carboxylic acids is 2. The van der Waals surface area contributed by atoms with E-state index in [4.69, 9.17) is 39.5 Å².